The zero-order chi connectivity index (χ0) is 13.7. The Kier molecular flexibility index (Phi) is 4.89. The first-order valence-electron chi connectivity index (χ1n) is 6.09. The minimum absolute atomic E-state index is 0.304. The maximum absolute atomic E-state index is 9.30. The van der Waals surface area contributed by atoms with Crippen LogP contribution in [0, 0.1) is 11.3 Å². The van der Waals surface area contributed by atoms with E-state index in [2.05, 4.69) is 35.1 Å². The summed E-state index contributed by atoms with van der Waals surface area (Å²) in [4.78, 5) is 1.02. The van der Waals surface area contributed by atoms with Gasteiger partial charge in [0.05, 0.1) is 11.3 Å². The molecule has 98 valence electrons. The standard InChI is InChI=1S/C15H16N2S2/c1-11(8-12-6-7-19-10-12)17-14-4-3-5-15(18-2)13(14)9-16/h3-7,10-11,17H,8H2,1-2H3. The maximum Gasteiger partial charge on any atom is 0.102 e. The molecule has 4 heteroatoms. The van der Waals surface area contributed by atoms with Crippen molar-refractivity contribution in [3.05, 3.63) is 46.2 Å². The average Bonchev–Trinajstić information content (AvgIpc) is 2.91. The van der Waals surface area contributed by atoms with Crippen molar-refractivity contribution in [2.24, 2.45) is 0 Å². The molecule has 0 radical (unpaired) electrons. The van der Waals surface area contributed by atoms with E-state index in [1.54, 1.807) is 23.1 Å². The molecule has 0 aliphatic carbocycles. The van der Waals surface area contributed by atoms with E-state index in [0.717, 1.165) is 22.6 Å². The van der Waals surface area contributed by atoms with Gasteiger partial charge in [-0.25, -0.2) is 0 Å². The summed E-state index contributed by atoms with van der Waals surface area (Å²) in [6.07, 6.45) is 2.96. The van der Waals surface area contributed by atoms with Gasteiger partial charge in [0, 0.05) is 10.9 Å². The zero-order valence-electron chi connectivity index (χ0n) is 11.0. The number of hydrogen-bond acceptors (Lipinski definition) is 4. The summed E-state index contributed by atoms with van der Waals surface area (Å²) >= 11 is 3.32. The van der Waals surface area contributed by atoms with Crippen LogP contribution in [0.5, 0.6) is 0 Å². The van der Waals surface area contributed by atoms with E-state index in [1.807, 2.05) is 24.5 Å². The van der Waals surface area contributed by atoms with Crippen LogP contribution >= 0.6 is 23.1 Å². The highest BCUT2D eigenvalue weighted by Crippen LogP contribution is 2.27. The second-order valence-electron chi connectivity index (χ2n) is 4.38. The molecule has 0 aliphatic heterocycles. The lowest BCUT2D eigenvalue weighted by Crippen LogP contribution is -2.18. The van der Waals surface area contributed by atoms with Crippen molar-refractivity contribution < 1.29 is 0 Å². The second kappa shape index (κ2) is 6.65. The molecule has 2 aromatic rings. The molecule has 0 saturated carbocycles. The molecular weight excluding hydrogens is 272 g/mol. The van der Waals surface area contributed by atoms with E-state index in [-0.39, 0.29) is 0 Å². The van der Waals surface area contributed by atoms with Crippen molar-refractivity contribution in [3.63, 3.8) is 0 Å². The number of hydrogen-bond donors (Lipinski definition) is 1. The monoisotopic (exact) mass is 288 g/mol. The summed E-state index contributed by atoms with van der Waals surface area (Å²) in [6, 6.07) is 10.7. The van der Waals surface area contributed by atoms with E-state index in [9.17, 15) is 5.26 Å². The van der Waals surface area contributed by atoms with Crippen LogP contribution in [0.4, 0.5) is 5.69 Å². The number of thioether (sulfide) groups is 1. The van der Waals surface area contributed by atoms with Crippen LogP contribution in [0.2, 0.25) is 0 Å². The molecule has 0 amide bonds. The van der Waals surface area contributed by atoms with Gasteiger partial charge in [0.25, 0.3) is 0 Å². The first-order valence-corrected chi connectivity index (χ1v) is 8.26. The molecule has 1 unspecified atom stereocenters. The molecule has 1 N–H and O–H groups in total. The van der Waals surface area contributed by atoms with Gasteiger partial charge >= 0.3 is 0 Å². The molecule has 0 fully saturated rings. The Labute approximate surface area is 122 Å². The Morgan fingerprint density at radius 2 is 2.26 bits per heavy atom. The van der Waals surface area contributed by atoms with Crippen LogP contribution in [0.3, 0.4) is 0 Å². The fraction of sp³-hybridized carbons (Fsp3) is 0.267. The first kappa shape index (κ1) is 14.0. The minimum Gasteiger partial charge on any atom is -0.381 e. The SMILES string of the molecule is CSc1cccc(NC(C)Cc2ccsc2)c1C#N. The lowest BCUT2D eigenvalue weighted by atomic mass is 10.1. The molecule has 0 bridgehead atoms. The number of benzene rings is 1. The number of nitrogens with zero attached hydrogens (tertiary/aromatic N) is 1. The third kappa shape index (κ3) is 3.52. The maximum atomic E-state index is 9.30. The summed E-state index contributed by atoms with van der Waals surface area (Å²) < 4.78 is 0. The van der Waals surface area contributed by atoms with Crippen LogP contribution in [-0.2, 0) is 6.42 Å². The summed E-state index contributed by atoms with van der Waals surface area (Å²) in [5.41, 5.74) is 3.01. The van der Waals surface area contributed by atoms with Gasteiger partial charge in [-0.1, -0.05) is 6.07 Å². The summed E-state index contributed by atoms with van der Waals surface area (Å²) in [6.45, 7) is 2.14. The largest absolute Gasteiger partial charge is 0.381 e. The molecule has 1 aromatic carbocycles. The Morgan fingerprint density at radius 1 is 1.42 bits per heavy atom. The zero-order valence-corrected chi connectivity index (χ0v) is 12.6. The topological polar surface area (TPSA) is 35.8 Å². The van der Waals surface area contributed by atoms with Crippen LogP contribution in [0.15, 0.2) is 39.9 Å². The number of nitrogens with one attached hydrogen (secondary N) is 1. The summed E-state index contributed by atoms with van der Waals surface area (Å²) in [5, 5.41) is 17.0. The molecular formula is C15H16N2S2. The third-order valence-electron chi connectivity index (χ3n) is 2.88. The van der Waals surface area contributed by atoms with Crippen molar-refractivity contribution in [2.45, 2.75) is 24.3 Å². The van der Waals surface area contributed by atoms with E-state index in [1.165, 1.54) is 5.56 Å². The third-order valence-corrected chi connectivity index (χ3v) is 4.39. The normalized spacial score (nSPS) is 11.8. The number of anilines is 1. The van der Waals surface area contributed by atoms with Gasteiger partial charge in [-0.05, 0) is 54.1 Å². The Bertz CT molecular complexity index is 570. The van der Waals surface area contributed by atoms with Crippen LogP contribution < -0.4 is 5.32 Å². The first-order chi connectivity index (χ1) is 9.24. The molecule has 2 rings (SSSR count). The highest BCUT2D eigenvalue weighted by molar-refractivity contribution is 7.98. The Hall–Kier alpha value is -1.44. The van der Waals surface area contributed by atoms with Gasteiger partial charge in [0.2, 0.25) is 0 Å². The predicted octanol–water partition coefficient (Wildman–Crippen LogP) is 4.38. The van der Waals surface area contributed by atoms with Crippen molar-refractivity contribution in [1.82, 2.24) is 0 Å². The fourth-order valence-corrected chi connectivity index (χ4v) is 3.27. The molecule has 0 aliphatic rings. The number of nitriles is 1. The lowest BCUT2D eigenvalue weighted by molar-refractivity contribution is 0.791. The number of rotatable bonds is 5. The van der Waals surface area contributed by atoms with E-state index >= 15 is 0 Å². The summed E-state index contributed by atoms with van der Waals surface area (Å²) in [5.74, 6) is 0. The molecule has 2 nitrogen and oxygen atoms in total. The highest BCUT2D eigenvalue weighted by atomic mass is 32.2. The van der Waals surface area contributed by atoms with E-state index in [0.29, 0.717) is 6.04 Å². The predicted molar refractivity (Wildman–Crippen MR) is 84.0 cm³/mol. The van der Waals surface area contributed by atoms with Gasteiger partial charge in [-0.2, -0.15) is 16.6 Å². The van der Waals surface area contributed by atoms with Crippen LogP contribution in [-0.4, -0.2) is 12.3 Å². The van der Waals surface area contributed by atoms with E-state index < -0.39 is 0 Å². The minimum atomic E-state index is 0.304. The molecule has 0 saturated heterocycles. The van der Waals surface area contributed by atoms with Crippen molar-refractivity contribution >= 4 is 28.8 Å². The van der Waals surface area contributed by atoms with Gasteiger partial charge in [-0.3, -0.25) is 0 Å². The molecule has 1 aromatic heterocycles. The molecule has 19 heavy (non-hydrogen) atoms. The molecule has 1 heterocycles. The van der Waals surface area contributed by atoms with E-state index in [4.69, 9.17) is 0 Å². The van der Waals surface area contributed by atoms with Crippen molar-refractivity contribution in [1.29, 1.82) is 5.26 Å². The van der Waals surface area contributed by atoms with Gasteiger partial charge in [0.1, 0.15) is 6.07 Å². The van der Waals surface area contributed by atoms with Crippen LogP contribution in [0.25, 0.3) is 0 Å². The van der Waals surface area contributed by atoms with Crippen LogP contribution in [0.1, 0.15) is 18.1 Å². The average molecular weight is 288 g/mol. The van der Waals surface area contributed by atoms with Gasteiger partial charge in [-0.15, -0.1) is 11.8 Å². The smallest absolute Gasteiger partial charge is 0.102 e. The Balaban J connectivity index is 2.12. The number of thiophene rings is 1. The van der Waals surface area contributed by atoms with Gasteiger partial charge in [0.15, 0.2) is 0 Å². The quantitative estimate of drug-likeness (QED) is 0.829. The lowest BCUT2D eigenvalue weighted by Gasteiger charge is -2.16. The Morgan fingerprint density at radius 3 is 2.89 bits per heavy atom. The molecule has 1 atom stereocenters. The highest BCUT2D eigenvalue weighted by Gasteiger charge is 2.10. The molecule has 0 spiro atoms. The summed E-state index contributed by atoms with van der Waals surface area (Å²) in [7, 11) is 0. The second-order valence-corrected chi connectivity index (χ2v) is 6.00. The van der Waals surface area contributed by atoms with Crippen molar-refractivity contribution in [3.8, 4) is 6.07 Å². The fourth-order valence-electron chi connectivity index (χ4n) is 2.02. The van der Waals surface area contributed by atoms with Gasteiger partial charge < -0.3 is 5.32 Å². The van der Waals surface area contributed by atoms with Crippen molar-refractivity contribution in [2.75, 3.05) is 11.6 Å².